The zero-order valence-corrected chi connectivity index (χ0v) is 16.3. The average Bonchev–Trinajstić information content (AvgIpc) is 2.67. The Hall–Kier alpha value is -2.85. The maximum Gasteiger partial charge on any atom is 0.416 e. The lowest BCUT2D eigenvalue weighted by molar-refractivity contribution is -0.144. The van der Waals surface area contributed by atoms with E-state index in [2.05, 4.69) is 0 Å². The number of rotatable bonds is 4. The van der Waals surface area contributed by atoms with Crippen molar-refractivity contribution < 1.29 is 39.3 Å². The van der Waals surface area contributed by atoms with Gasteiger partial charge in [-0.15, -0.1) is 0 Å². The van der Waals surface area contributed by atoms with Gasteiger partial charge in [-0.3, -0.25) is 4.55 Å². The summed E-state index contributed by atoms with van der Waals surface area (Å²) in [5.41, 5.74) is -4.46. The lowest BCUT2D eigenvalue weighted by atomic mass is 9.80. The monoisotopic (exact) mass is 460 g/mol. The Balaban J connectivity index is 2.51. The van der Waals surface area contributed by atoms with Gasteiger partial charge in [-0.05, 0) is 28.8 Å². The molecule has 0 bridgehead atoms. The molecule has 0 unspecified atom stereocenters. The maximum absolute atomic E-state index is 13.9. The minimum atomic E-state index is -5.34. The van der Waals surface area contributed by atoms with Gasteiger partial charge in [-0.25, -0.2) is 0 Å². The van der Waals surface area contributed by atoms with Gasteiger partial charge in [0.1, 0.15) is 0 Å². The van der Waals surface area contributed by atoms with E-state index < -0.39 is 50.0 Å². The van der Waals surface area contributed by atoms with Gasteiger partial charge < -0.3 is 0 Å². The lowest BCUT2D eigenvalue weighted by Gasteiger charge is -2.27. The summed E-state index contributed by atoms with van der Waals surface area (Å²) >= 11 is 0. The molecule has 31 heavy (non-hydrogen) atoms. The fraction of sp³-hybridized carbons (Fsp3) is 0.143. The largest absolute Gasteiger partial charge is 0.416 e. The van der Waals surface area contributed by atoms with Crippen LogP contribution in [0.4, 0.5) is 26.3 Å². The van der Waals surface area contributed by atoms with Gasteiger partial charge in [0.25, 0.3) is 10.1 Å². The number of benzene rings is 3. The summed E-state index contributed by atoms with van der Waals surface area (Å²) in [6, 6.07) is 14.6. The van der Waals surface area contributed by atoms with Crippen LogP contribution in [0.5, 0.6) is 0 Å². The first-order valence-electron chi connectivity index (χ1n) is 8.70. The molecule has 0 heterocycles. The van der Waals surface area contributed by atoms with Crippen LogP contribution in [0.25, 0.3) is 0 Å². The SMILES string of the molecule is O=S(=O)(O)c1cc(C(F)(F)F)c(C(c2ccccc2)c2ccccc2)c(C(F)(F)F)c1. The first-order valence-corrected chi connectivity index (χ1v) is 10.1. The lowest BCUT2D eigenvalue weighted by Crippen LogP contribution is -2.22. The van der Waals surface area contributed by atoms with Crippen LogP contribution >= 0.6 is 0 Å². The van der Waals surface area contributed by atoms with E-state index in [1.807, 2.05) is 0 Å². The summed E-state index contributed by atoms with van der Waals surface area (Å²) in [4.78, 5) is -1.49. The first-order chi connectivity index (χ1) is 14.3. The molecule has 0 amide bonds. The molecule has 0 radical (unpaired) electrons. The first kappa shape index (κ1) is 22.8. The molecule has 0 spiro atoms. The molecule has 3 rings (SSSR count). The van der Waals surface area contributed by atoms with E-state index in [0.29, 0.717) is 0 Å². The highest BCUT2D eigenvalue weighted by atomic mass is 32.2. The summed E-state index contributed by atoms with van der Waals surface area (Å²) in [7, 11) is -5.34. The second-order valence-electron chi connectivity index (χ2n) is 6.66. The van der Waals surface area contributed by atoms with Crippen LogP contribution in [0, 0.1) is 0 Å². The molecule has 10 heteroatoms. The van der Waals surface area contributed by atoms with E-state index in [9.17, 15) is 39.3 Å². The predicted molar refractivity (Wildman–Crippen MR) is 100 cm³/mol. The molecular weight excluding hydrogens is 446 g/mol. The van der Waals surface area contributed by atoms with Crippen molar-refractivity contribution in [2.45, 2.75) is 23.2 Å². The highest BCUT2D eigenvalue weighted by molar-refractivity contribution is 7.85. The summed E-state index contributed by atoms with van der Waals surface area (Å²) in [5, 5.41) is 0. The molecule has 1 N–H and O–H groups in total. The molecule has 0 aliphatic heterocycles. The molecule has 0 saturated heterocycles. The summed E-state index contributed by atoms with van der Waals surface area (Å²) in [6.07, 6.45) is -10.7. The second kappa shape index (κ2) is 8.01. The molecule has 3 nitrogen and oxygen atoms in total. The third kappa shape index (κ3) is 4.91. The van der Waals surface area contributed by atoms with E-state index in [-0.39, 0.29) is 23.3 Å². The molecule has 3 aromatic rings. The van der Waals surface area contributed by atoms with E-state index >= 15 is 0 Å². The van der Waals surface area contributed by atoms with Crippen LogP contribution in [0.15, 0.2) is 77.7 Å². The Morgan fingerprint density at radius 2 is 1.03 bits per heavy atom. The normalized spacial score (nSPS) is 12.9. The van der Waals surface area contributed by atoms with Gasteiger partial charge in [0.05, 0.1) is 16.0 Å². The summed E-state index contributed by atoms with van der Waals surface area (Å²) in [6.45, 7) is 0. The number of hydrogen-bond donors (Lipinski definition) is 1. The average molecular weight is 460 g/mol. The molecule has 0 aromatic heterocycles. The minimum Gasteiger partial charge on any atom is -0.282 e. The van der Waals surface area contributed by atoms with Crippen molar-refractivity contribution in [3.63, 3.8) is 0 Å². The van der Waals surface area contributed by atoms with Crippen LogP contribution in [0.2, 0.25) is 0 Å². The smallest absolute Gasteiger partial charge is 0.282 e. The van der Waals surface area contributed by atoms with Crippen LogP contribution in [-0.4, -0.2) is 13.0 Å². The molecular formula is C21H14F6O3S. The quantitative estimate of drug-likeness (QED) is 0.289. The molecule has 0 saturated carbocycles. The van der Waals surface area contributed by atoms with Crippen molar-refractivity contribution in [1.82, 2.24) is 0 Å². The van der Waals surface area contributed by atoms with Gasteiger partial charge in [0, 0.05) is 5.92 Å². The Labute approximate surface area is 173 Å². The van der Waals surface area contributed by atoms with Crippen molar-refractivity contribution in [3.8, 4) is 0 Å². The van der Waals surface area contributed by atoms with E-state index in [1.165, 1.54) is 48.5 Å². The third-order valence-electron chi connectivity index (χ3n) is 4.62. The Morgan fingerprint density at radius 1 is 0.677 bits per heavy atom. The van der Waals surface area contributed by atoms with E-state index in [4.69, 9.17) is 0 Å². The molecule has 0 fully saturated rings. The minimum absolute atomic E-state index is 0.0266. The topological polar surface area (TPSA) is 54.4 Å². The molecule has 164 valence electrons. The summed E-state index contributed by atoms with van der Waals surface area (Å²) in [5.74, 6) is -1.51. The van der Waals surface area contributed by atoms with Gasteiger partial charge in [-0.2, -0.15) is 34.8 Å². The van der Waals surface area contributed by atoms with E-state index in [0.717, 1.165) is 0 Å². The van der Waals surface area contributed by atoms with Gasteiger partial charge in [-0.1, -0.05) is 60.7 Å². The zero-order chi connectivity index (χ0) is 23.0. The standard InChI is InChI=1S/C21H14F6O3S/c22-20(23,24)16-11-15(31(28,29)30)12-17(21(25,26)27)19(16)18(13-7-3-1-4-8-13)14-9-5-2-6-10-14/h1-12,18H,(H,28,29,30). The highest BCUT2D eigenvalue weighted by Crippen LogP contribution is 2.47. The second-order valence-corrected chi connectivity index (χ2v) is 8.08. The fourth-order valence-corrected chi connectivity index (χ4v) is 3.91. The zero-order valence-electron chi connectivity index (χ0n) is 15.4. The van der Waals surface area contributed by atoms with Crippen molar-refractivity contribution in [2.24, 2.45) is 0 Å². The molecule has 0 aliphatic carbocycles. The van der Waals surface area contributed by atoms with Crippen molar-refractivity contribution in [1.29, 1.82) is 0 Å². The van der Waals surface area contributed by atoms with Gasteiger partial charge >= 0.3 is 12.4 Å². The fourth-order valence-electron chi connectivity index (χ4n) is 3.37. The van der Waals surface area contributed by atoms with Crippen molar-refractivity contribution in [3.05, 3.63) is 101 Å². The summed E-state index contributed by atoms with van der Waals surface area (Å²) < 4.78 is 116. The van der Waals surface area contributed by atoms with Crippen LogP contribution < -0.4 is 0 Å². The predicted octanol–water partition coefficient (Wildman–Crippen LogP) is 6.15. The van der Waals surface area contributed by atoms with Crippen molar-refractivity contribution >= 4 is 10.1 Å². The van der Waals surface area contributed by atoms with E-state index in [1.54, 1.807) is 12.1 Å². The third-order valence-corrected chi connectivity index (χ3v) is 5.45. The molecule has 0 aliphatic rings. The Kier molecular flexibility index (Phi) is 5.90. The van der Waals surface area contributed by atoms with Crippen molar-refractivity contribution in [2.75, 3.05) is 0 Å². The Morgan fingerprint density at radius 3 is 1.32 bits per heavy atom. The van der Waals surface area contributed by atoms with Crippen LogP contribution in [0.1, 0.15) is 33.7 Å². The van der Waals surface area contributed by atoms with Crippen LogP contribution in [-0.2, 0) is 22.5 Å². The van der Waals surface area contributed by atoms with Gasteiger partial charge in [0.15, 0.2) is 0 Å². The van der Waals surface area contributed by atoms with Crippen LogP contribution in [0.3, 0.4) is 0 Å². The highest BCUT2D eigenvalue weighted by Gasteiger charge is 2.45. The number of halogens is 6. The number of hydrogen-bond acceptors (Lipinski definition) is 2. The molecule has 0 atom stereocenters. The number of alkyl halides is 6. The maximum atomic E-state index is 13.9. The van der Waals surface area contributed by atoms with Gasteiger partial charge in [0.2, 0.25) is 0 Å². The molecule has 3 aromatic carbocycles. The Bertz CT molecular complexity index is 1100.